The van der Waals surface area contributed by atoms with Crippen molar-refractivity contribution in [3.05, 3.63) is 53.2 Å². The van der Waals surface area contributed by atoms with E-state index in [0.29, 0.717) is 44.4 Å². The molecule has 6 nitrogen and oxygen atoms in total. The summed E-state index contributed by atoms with van der Waals surface area (Å²) in [6, 6.07) is 10.6. The molecule has 2 aliphatic rings. The minimum absolute atomic E-state index is 0.272. The second-order valence-corrected chi connectivity index (χ2v) is 7.47. The molecule has 1 aromatic heterocycles. The molecule has 0 aliphatic carbocycles. The van der Waals surface area contributed by atoms with Gasteiger partial charge in [0.05, 0.1) is 24.4 Å². The van der Waals surface area contributed by atoms with Crippen molar-refractivity contribution in [1.82, 2.24) is 15.2 Å². The molecule has 0 amide bonds. The molecule has 3 heterocycles. The number of aromatic nitrogens is 1. The predicted molar refractivity (Wildman–Crippen MR) is 111 cm³/mol. The summed E-state index contributed by atoms with van der Waals surface area (Å²) in [5.41, 5.74) is 3.55. The lowest BCUT2D eigenvalue weighted by Crippen LogP contribution is -2.45. The quantitative estimate of drug-likeness (QED) is 0.853. The zero-order valence-corrected chi connectivity index (χ0v) is 16.4. The Morgan fingerprint density at radius 1 is 1.29 bits per heavy atom. The molecule has 0 spiro atoms. The first-order valence-electron chi connectivity index (χ1n) is 11.4. The van der Waals surface area contributed by atoms with Gasteiger partial charge in [-0.15, -0.1) is 0 Å². The highest BCUT2D eigenvalue weighted by Gasteiger charge is 2.23. The van der Waals surface area contributed by atoms with Crippen LogP contribution in [0.5, 0.6) is 5.75 Å². The molecular formula is C22H30N4O2. The number of aryl methyl sites for hydroxylation is 1. The Labute approximate surface area is 171 Å². The highest BCUT2D eigenvalue weighted by molar-refractivity contribution is 5.53. The number of hydrogen-bond donors (Lipinski definition) is 1. The molecule has 2 fully saturated rings. The molecule has 2 aliphatic heterocycles. The van der Waals surface area contributed by atoms with Gasteiger partial charge < -0.3 is 19.7 Å². The fourth-order valence-electron chi connectivity index (χ4n) is 4.05. The van der Waals surface area contributed by atoms with Gasteiger partial charge in [0.25, 0.3) is 0 Å². The van der Waals surface area contributed by atoms with Crippen molar-refractivity contribution >= 4 is 5.82 Å². The molecule has 2 saturated heterocycles. The molecule has 0 saturated carbocycles. The van der Waals surface area contributed by atoms with E-state index in [1.165, 1.54) is 11.1 Å². The smallest absolute Gasteiger partial charge is 0.171 e. The fourth-order valence-corrected chi connectivity index (χ4v) is 4.05. The molecule has 0 radical (unpaired) electrons. The zero-order valence-electron chi connectivity index (χ0n) is 19.4. The van der Waals surface area contributed by atoms with Crippen LogP contribution in [0.25, 0.3) is 0 Å². The van der Waals surface area contributed by atoms with E-state index in [9.17, 15) is 0 Å². The monoisotopic (exact) mass is 385 g/mol. The number of benzene rings is 1. The Balaban J connectivity index is 1.51. The Morgan fingerprint density at radius 2 is 2.14 bits per heavy atom. The number of piperazine rings is 1. The zero-order chi connectivity index (χ0) is 21.8. The molecule has 2 aromatic rings. The van der Waals surface area contributed by atoms with Crippen LogP contribution in [0.1, 0.15) is 26.8 Å². The van der Waals surface area contributed by atoms with Gasteiger partial charge in [-0.2, -0.15) is 0 Å². The first-order valence-corrected chi connectivity index (χ1v) is 9.91. The van der Waals surface area contributed by atoms with Crippen molar-refractivity contribution in [1.29, 1.82) is 0 Å². The van der Waals surface area contributed by atoms with Crippen LogP contribution in [-0.4, -0.2) is 62.9 Å². The minimum atomic E-state index is -2.52. The fraction of sp³-hybridized carbons (Fsp3) is 0.500. The molecule has 6 heteroatoms. The van der Waals surface area contributed by atoms with E-state index in [-0.39, 0.29) is 6.04 Å². The van der Waals surface area contributed by atoms with Gasteiger partial charge in [-0.25, -0.2) is 4.98 Å². The molecule has 150 valence electrons. The first-order chi connectivity index (χ1) is 14.9. The van der Waals surface area contributed by atoms with Crippen molar-refractivity contribution in [2.75, 3.05) is 57.9 Å². The maximum absolute atomic E-state index is 7.57. The van der Waals surface area contributed by atoms with Crippen LogP contribution < -0.4 is 15.0 Å². The molecule has 0 unspecified atom stereocenters. The summed E-state index contributed by atoms with van der Waals surface area (Å²) in [5, 5.41) is 3.61. The Hall–Kier alpha value is -2.15. The van der Waals surface area contributed by atoms with Crippen LogP contribution in [-0.2, 0) is 11.3 Å². The molecule has 1 N–H and O–H groups in total. The van der Waals surface area contributed by atoms with Crippen LogP contribution in [0, 0.1) is 6.92 Å². The van der Waals surface area contributed by atoms with E-state index in [1.54, 1.807) is 0 Å². The molecule has 1 aromatic carbocycles. The molecule has 1 atom stereocenters. The van der Waals surface area contributed by atoms with Gasteiger partial charge in [0, 0.05) is 51.5 Å². The number of pyridine rings is 1. The normalized spacial score (nSPS) is 23.0. The van der Waals surface area contributed by atoms with Crippen LogP contribution in [0.2, 0.25) is 0 Å². The van der Waals surface area contributed by atoms with Crippen molar-refractivity contribution in [2.24, 2.45) is 0 Å². The summed E-state index contributed by atoms with van der Waals surface area (Å²) >= 11 is 0. The number of methoxy groups -OCH3 is 1. The predicted octanol–water partition coefficient (Wildman–Crippen LogP) is 2.38. The number of morpholine rings is 1. The van der Waals surface area contributed by atoms with E-state index < -0.39 is 7.04 Å². The molecule has 0 bridgehead atoms. The van der Waals surface area contributed by atoms with Gasteiger partial charge >= 0.3 is 0 Å². The Kier molecular flexibility index (Phi) is 5.00. The lowest BCUT2D eigenvalue weighted by Gasteiger charge is -2.35. The van der Waals surface area contributed by atoms with Gasteiger partial charge in [0.15, 0.2) is 11.6 Å². The summed E-state index contributed by atoms with van der Waals surface area (Å²) < 4.78 is 33.5. The number of anilines is 1. The third-order valence-corrected chi connectivity index (χ3v) is 5.54. The van der Waals surface area contributed by atoms with Crippen LogP contribution in [0.4, 0.5) is 5.82 Å². The molecule has 4 rings (SSSR count). The molecular weight excluding hydrogens is 352 g/mol. The average molecular weight is 386 g/mol. The average Bonchev–Trinajstić information content (AvgIpc) is 2.74. The number of rotatable bonds is 5. The maximum Gasteiger partial charge on any atom is 0.171 e. The number of nitrogens with zero attached hydrogens (tertiary/aromatic N) is 3. The topological polar surface area (TPSA) is 49.9 Å². The number of hydrogen-bond acceptors (Lipinski definition) is 6. The van der Waals surface area contributed by atoms with Gasteiger partial charge in [-0.05, 0) is 29.7 Å². The third-order valence-electron chi connectivity index (χ3n) is 5.54. The summed E-state index contributed by atoms with van der Waals surface area (Å²) in [5.74, 6) is 0.881. The summed E-state index contributed by atoms with van der Waals surface area (Å²) in [6.07, 6.45) is 1.84. The second-order valence-electron chi connectivity index (χ2n) is 7.47. The van der Waals surface area contributed by atoms with Crippen molar-refractivity contribution < 1.29 is 13.6 Å². The standard InChI is InChI=1S/C22H30N4O2/c1-17-5-3-4-6-19(17)20-16-25(8-7-23-20)15-18-13-21(27-2)22(24-14-18)26-9-11-28-12-10-26/h3-6,13-14,20,23H,7-12,15-16H2,1-2H3/t20-/m0/s1/i2D3. The summed E-state index contributed by atoms with van der Waals surface area (Å²) in [4.78, 5) is 8.99. The largest absolute Gasteiger partial charge is 0.493 e. The number of nitrogens with one attached hydrogen (secondary N) is 1. The van der Waals surface area contributed by atoms with Crippen molar-refractivity contribution in [2.45, 2.75) is 19.5 Å². The summed E-state index contributed by atoms with van der Waals surface area (Å²) in [7, 11) is -2.52. The highest BCUT2D eigenvalue weighted by Crippen LogP contribution is 2.28. The number of ether oxygens (including phenoxy) is 2. The van der Waals surface area contributed by atoms with Crippen molar-refractivity contribution in [3.8, 4) is 5.75 Å². The lowest BCUT2D eigenvalue weighted by molar-refractivity contribution is 0.122. The highest BCUT2D eigenvalue weighted by atomic mass is 16.5. The van der Waals surface area contributed by atoms with Crippen molar-refractivity contribution in [3.63, 3.8) is 0 Å². The van der Waals surface area contributed by atoms with E-state index in [0.717, 1.165) is 25.2 Å². The summed E-state index contributed by atoms with van der Waals surface area (Å²) in [6.45, 7) is 8.06. The van der Waals surface area contributed by atoms with Gasteiger partial charge in [0.1, 0.15) is 0 Å². The lowest BCUT2D eigenvalue weighted by atomic mass is 9.99. The maximum atomic E-state index is 7.57. The van der Waals surface area contributed by atoms with Crippen LogP contribution in [0.3, 0.4) is 0 Å². The second kappa shape index (κ2) is 8.90. The van der Waals surface area contributed by atoms with Crippen LogP contribution in [0.15, 0.2) is 36.5 Å². The Bertz CT molecular complexity index is 887. The van der Waals surface area contributed by atoms with Crippen LogP contribution >= 0.6 is 0 Å². The van der Waals surface area contributed by atoms with Gasteiger partial charge in [-0.1, -0.05) is 24.3 Å². The molecule has 28 heavy (non-hydrogen) atoms. The van der Waals surface area contributed by atoms with E-state index in [1.807, 2.05) is 17.2 Å². The first kappa shape index (κ1) is 15.7. The van der Waals surface area contributed by atoms with E-state index >= 15 is 0 Å². The van der Waals surface area contributed by atoms with E-state index in [4.69, 9.17) is 13.6 Å². The third kappa shape index (κ3) is 4.29. The van der Waals surface area contributed by atoms with Gasteiger partial charge in [-0.3, -0.25) is 4.90 Å². The van der Waals surface area contributed by atoms with Gasteiger partial charge in [0.2, 0.25) is 0 Å². The Morgan fingerprint density at radius 3 is 2.96 bits per heavy atom. The minimum Gasteiger partial charge on any atom is -0.493 e. The SMILES string of the molecule is [2H]C([2H])([2H])Oc1cc(CN2CCN[C@H](c3ccccc3C)C2)cnc1N1CCOCC1. The van der Waals surface area contributed by atoms with E-state index in [2.05, 4.69) is 46.4 Å².